The number of rotatable bonds is 3. The lowest BCUT2D eigenvalue weighted by Crippen LogP contribution is -2.57. The molecule has 2 heterocycles. The van der Waals surface area contributed by atoms with Gasteiger partial charge < -0.3 is 19.9 Å². The van der Waals surface area contributed by atoms with Crippen LogP contribution in [-0.2, 0) is 4.74 Å². The first-order valence-corrected chi connectivity index (χ1v) is 9.33. The van der Waals surface area contributed by atoms with E-state index in [0.717, 1.165) is 18.8 Å². The molecule has 0 aromatic heterocycles. The number of benzene rings is 1. The third-order valence-corrected chi connectivity index (χ3v) is 4.77. The van der Waals surface area contributed by atoms with Gasteiger partial charge in [0.15, 0.2) is 0 Å². The number of nitrogens with zero attached hydrogens (tertiary/aromatic N) is 2. The molecule has 142 valence electrons. The van der Waals surface area contributed by atoms with E-state index in [1.807, 2.05) is 31.7 Å². The zero-order valence-corrected chi connectivity index (χ0v) is 16.5. The van der Waals surface area contributed by atoms with Crippen molar-refractivity contribution in [2.45, 2.75) is 39.3 Å². The number of ether oxygens (including phenoxy) is 1. The summed E-state index contributed by atoms with van der Waals surface area (Å²) in [7, 11) is 0. The van der Waals surface area contributed by atoms with Gasteiger partial charge in [-0.15, -0.1) is 0 Å². The highest BCUT2D eigenvalue weighted by atomic mass is 35.5. The highest BCUT2D eigenvalue weighted by molar-refractivity contribution is 6.34. The van der Waals surface area contributed by atoms with E-state index in [9.17, 15) is 9.59 Å². The van der Waals surface area contributed by atoms with E-state index in [-0.39, 0.29) is 18.0 Å². The molecule has 1 aromatic rings. The van der Waals surface area contributed by atoms with Crippen molar-refractivity contribution >= 4 is 29.3 Å². The molecular weight excluding hydrogens is 354 g/mol. The number of hydrogen-bond acceptors (Lipinski definition) is 4. The van der Waals surface area contributed by atoms with Gasteiger partial charge in [0.2, 0.25) is 0 Å². The molecule has 2 aliphatic rings. The second-order valence-electron chi connectivity index (χ2n) is 8.24. The third kappa shape index (κ3) is 4.23. The Labute approximate surface area is 159 Å². The molecule has 1 N–H and O–H groups in total. The predicted octanol–water partition coefficient (Wildman–Crippen LogP) is 3.46. The zero-order valence-electron chi connectivity index (χ0n) is 15.7. The van der Waals surface area contributed by atoms with Crippen LogP contribution in [0.5, 0.6) is 0 Å². The average Bonchev–Trinajstić information content (AvgIpc) is 2.44. The lowest BCUT2D eigenvalue weighted by atomic mass is 10.0. The van der Waals surface area contributed by atoms with Gasteiger partial charge in [-0.25, -0.2) is 4.79 Å². The maximum atomic E-state index is 12.4. The van der Waals surface area contributed by atoms with Crippen LogP contribution in [0.4, 0.5) is 10.5 Å². The fourth-order valence-electron chi connectivity index (χ4n) is 3.09. The van der Waals surface area contributed by atoms with Crippen LogP contribution in [-0.4, -0.2) is 59.6 Å². The van der Waals surface area contributed by atoms with E-state index < -0.39 is 5.60 Å². The van der Waals surface area contributed by atoms with Crippen LogP contribution >= 0.6 is 11.6 Å². The Hall–Kier alpha value is -1.95. The molecular formula is C19H26ClN3O3. The van der Waals surface area contributed by atoms with Crippen molar-refractivity contribution in [3.8, 4) is 0 Å². The molecule has 6 nitrogen and oxygen atoms in total. The average molecular weight is 380 g/mol. The van der Waals surface area contributed by atoms with Crippen molar-refractivity contribution in [2.75, 3.05) is 31.5 Å². The van der Waals surface area contributed by atoms with E-state index in [4.69, 9.17) is 16.3 Å². The summed E-state index contributed by atoms with van der Waals surface area (Å²) >= 11 is 6.31. The Balaban J connectivity index is 1.52. The minimum Gasteiger partial charge on any atom is -0.444 e. The second-order valence-corrected chi connectivity index (χ2v) is 8.64. The van der Waals surface area contributed by atoms with Gasteiger partial charge in [0.1, 0.15) is 5.60 Å². The largest absolute Gasteiger partial charge is 0.444 e. The molecule has 2 saturated heterocycles. The monoisotopic (exact) mass is 379 g/mol. The molecule has 3 rings (SSSR count). The fraction of sp³-hybridized carbons (Fsp3) is 0.579. The first-order valence-electron chi connectivity index (χ1n) is 8.95. The van der Waals surface area contributed by atoms with Crippen molar-refractivity contribution in [1.82, 2.24) is 9.80 Å². The normalized spacial score (nSPS) is 18.2. The number of likely N-dealkylation sites (tertiary alicyclic amines) is 2. The highest BCUT2D eigenvalue weighted by Crippen LogP contribution is 2.27. The Morgan fingerprint density at radius 3 is 2.35 bits per heavy atom. The molecule has 2 fully saturated rings. The summed E-state index contributed by atoms with van der Waals surface area (Å²) in [6, 6.07) is 5.55. The minimum absolute atomic E-state index is 0.0144. The van der Waals surface area contributed by atoms with Gasteiger partial charge in [-0.05, 0) is 44.9 Å². The molecule has 0 aliphatic carbocycles. The van der Waals surface area contributed by atoms with Gasteiger partial charge in [-0.2, -0.15) is 0 Å². The Bertz CT molecular complexity index is 704. The van der Waals surface area contributed by atoms with Gasteiger partial charge in [0.25, 0.3) is 5.91 Å². The topological polar surface area (TPSA) is 61.9 Å². The van der Waals surface area contributed by atoms with Crippen LogP contribution in [0.25, 0.3) is 0 Å². The number of halogens is 1. The lowest BCUT2D eigenvalue weighted by molar-refractivity contribution is 0.0105. The summed E-state index contributed by atoms with van der Waals surface area (Å²) in [4.78, 5) is 27.8. The van der Waals surface area contributed by atoms with Gasteiger partial charge in [-0.3, -0.25) is 4.79 Å². The summed E-state index contributed by atoms with van der Waals surface area (Å²) in [6.45, 7) is 10.4. The number of hydrogen-bond donors (Lipinski definition) is 1. The summed E-state index contributed by atoms with van der Waals surface area (Å²) in [5.41, 5.74) is 0.894. The number of carbonyl (C=O) groups excluding carboxylic acids is 2. The zero-order chi connectivity index (χ0) is 19.1. The maximum absolute atomic E-state index is 12.4. The van der Waals surface area contributed by atoms with Gasteiger partial charge in [-0.1, -0.05) is 18.5 Å². The molecule has 0 atom stereocenters. The van der Waals surface area contributed by atoms with Crippen molar-refractivity contribution < 1.29 is 14.3 Å². The second kappa shape index (κ2) is 6.99. The molecule has 0 spiro atoms. The molecule has 0 unspecified atom stereocenters. The Morgan fingerprint density at radius 1 is 1.15 bits per heavy atom. The number of carbonyl (C=O) groups is 2. The van der Waals surface area contributed by atoms with Gasteiger partial charge in [0, 0.05) is 31.9 Å². The van der Waals surface area contributed by atoms with E-state index in [0.29, 0.717) is 29.6 Å². The van der Waals surface area contributed by atoms with Crippen LogP contribution < -0.4 is 5.32 Å². The number of amides is 2. The summed E-state index contributed by atoms with van der Waals surface area (Å²) in [5.74, 6) is 0.546. The molecule has 26 heavy (non-hydrogen) atoms. The van der Waals surface area contributed by atoms with Crippen LogP contribution in [0.3, 0.4) is 0 Å². The van der Waals surface area contributed by atoms with Crippen LogP contribution in [0.2, 0.25) is 5.02 Å². The van der Waals surface area contributed by atoms with E-state index in [1.54, 1.807) is 17.0 Å². The van der Waals surface area contributed by atoms with E-state index in [2.05, 4.69) is 12.2 Å². The molecule has 1 aromatic carbocycles. The van der Waals surface area contributed by atoms with Gasteiger partial charge in [0.05, 0.1) is 16.6 Å². The SMILES string of the molecule is CC1CN(C(=O)c2ccc(NC3CN(C(=O)OC(C)(C)C)C3)cc2Cl)C1. The molecule has 2 amide bonds. The predicted molar refractivity (Wildman–Crippen MR) is 102 cm³/mol. The Kier molecular flexibility index (Phi) is 5.06. The molecule has 0 radical (unpaired) electrons. The fourth-order valence-corrected chi connectivity index (χ4v) is 3.36. The molecule has 0 bridgehead atoms. The maximum Gasteiger partial charge on any atom is 0.410 e. The van der Waals surface area contributed by atoms with Crippen molar-refractivity contribution in [3.63, 3.8) is 0 Å². The third-order valence-electron chi connectivity index (χ3n) is 4.45. The summed E-state index contributed by atoms with van der Waals surface area (Å²) < 4.78 is 5.34. The number of anilines is 1. The van der Waals surface area contributed by atoms with Crippen molar-refractivity contribution in [3.05, 3.63) is 28.8 Å². The molecule has 0 saturated carbocycles. The van der Waals surface area contributed by atoms with Crippen LogP contribution in [0.1, 0.15) is 38.1 Å². The highest BCUT2D eigenvalue weighted by Gasteiger charge is 2.34. The molecule has 2 aliphatic heterocycles. The lowest BCUT2D eigenvalue weighted by Gasteiger charge is -2.40. The van der Waals surface area contributed by atoms with E-state index >= 15 is 0 Å². The van der Waals surface area contributed by atoms with Crippen molar-refractivity contribution in [2.24, 2.45) is 5.92 Å². The summed E-state index contributed by atoms with van der Waals surface area (Å²) in [5, 5.41) is 3.79. The minimum atomic E-state index is -0.486. The summed E-state index contributed by atoms with van der Waals surface area (Å²) in [6.07, 6.45) is -0.293. The Morgan fingerprint density at radius 2 is 1.81 bits per heavy atom. The van der Waals surface area contributed by atoms with Crippen LogP contribution in [0, 0.1) is 5.92 Å². The standard InChI is InChI=1S/C19H26ClN3O3/c1-12-8-22(9-12)17(24)15-6-5-13(7-16(15)20)21-14-10-23(11-14)18(25)26-19(2,3)4/h5-7,12,14,21H,8-11H2,1-4H3. The van der Waals surface area contributed by atoms with E-state index in [1.165, 1.54) is 0 Å². The van der Waals surface area contributed by atoms with Crippen LogP contribution in [0.15, 0.2) is 18.2 Å². The smallest absolute Gasteiger partial charge is 0.410 e. The van der Waals surface area contributed by atoms with Crippen molar-refractivity contribution in [1.29, 1.82) is 0 Å². The first-order chi connectivity index (χ1) is 12.1. The quantitative estimate of drug-likeness (QED) is 0.873. The van der Waals surface area contributed by atoms with Gasteiger partial charge >= 0.3 is 6.09 Å². The first kappa shape index (κ1) is 18.8. The number of nitrogens with one attached hydrogen (secondary N) is 1. The molecule has 7 heteroatoms.